The highest BCUT2D eigenvalue weighted by Crippen LogP contribution is 2.34. The number of oxazole rings is 1. The Balaban J connectivity index is 1.44. The molecule has 0 aliphatic heterocycles. The summed E-state index contributed by atoms with van der Waals surface area (Å²) in [5.74, 6) is -0.0440. The maximum atomic E-state index is 13.4. The Morgan fingerprint density at radius 1 is 0.925 bits per heavy atom. The third-order valence-corrected chi connectivity index (χ3v) is 6.29. The van der Waals surface area contributed by atoms with Crippen LogP contribution < -0.4 is 16.0 Å². The summed E-state index contributed by atoms with van der Waals surface area (Å²) < 4.78 is 24.4. The molecule has 4 aromatic rings. The molecule has 40 heavy (non-hydrogen) atoms. The molecule has 0 unspecified atom stereocenters. The summed E-state index contributed by atoms with van der Waals surface area (Å²) in [4.78, 5) is 28.6. The fourth-order valence-corrected chi connectivity index (χ4v) is 4.26. The van der Waals surface area contributed by atoms with E-state index in [4.69, 9.17) is 14.1 Å². The standard InChI is InChI=1S/C31H35FN4O4/c1-3-17-33-26-15-14-24(35-31(38)34-18-7-5-6-8-29(37)39-4-2)20-25(26)30-36-27-19-22(11-16-28(27)40-30)21-9-12-23(32)13-10-21/h9-16,19-20,33H,3-8,17-18H2,1-2H3,(H2,34,35,38). The minimum Gasteiger partial charge on any atom is -0.466 e. The number of halogens is 1. The van der Waals surface area contributed by atoms with Gasteiger partial charge in [-0.3, -0.25) is 4.79 Å². The number of urea groups is 1. The number of nitrogens with zero attached hydrogens (tertiary/aromatic N) is 1. The van der Waals surface area contributed by atoms with Crippen molar-refractivity contribution in [3.63, 3.8) is 0 Å². The molecule has 2 amide bonds. The van der Waals surface area contributed by atoms with Crippen LogP contribution in [0.1, 0.15) is 46.0 Å². The maximum absolute atomic E-state index is 13.4. The number of carbonyl (C=O) groups is 2. The van der Waals surface area contributed by atoms with Gasteiger partial charge in [0, 0.05) is 30.9 Å². The first kappa shape index (κ1) is 28.6. The molecule has 210 valence electrons. The van der Waals surface area contributed by atoms with Crippen LogP contribution in [0.4, 0.5) is 20.6 Å². The van der Waals surface area contributed by atoms with E-state index in [2.05, 4.69) is 22.9 Å². The second-order valence-electron chi connectivity index (χ2n) is 9.39. The van der Waals surface area contributed by atoms with Crippen LogP contribution in [0.3, 0.4) is 0 Å². The molecule has 3 aromatic carbocycles. The molecule has 0 radical (unpaired) electrons. The van der Waals surface area contributed by atoms with Crippen molar-refractivity contribution in [1.29, 1.82) is 0 Å². The van der Waals surface area contributed by atoms with E-state index < -0.39 is 0 Å². The molecule has 0 fully saturated rings. The topological polar surface area (TPSA) is 105 Å². The molecule has 0 atom stereocenters. The third kappa shape index (κ3) is 7.81. The molecular weight excluding hydrogens is 511 g/mol. The molecule has 0 saturated heterocycles. The lowest BCUT2D eigenvalue weighted by atomic mass is 10.1. The van der Waals surface area contributed by atoms with Gasteiger partial charge in [-0.2, -0.15) is 0 Å². The first-order chi connectivity index (χ1) is 19.5. The van der Waals surface area contributed by atoms with Crippen LogP contribution in [0, 0.1) is 5.82 Å². The smallest absolute Gasteiger partial charge is 0.319 e. The molecule has 1 heterocycles. The van der Waals surface area contributed by atoms with E-state index in [1.807, 2.05) is 36.4 Å². The Kier molecular flexibility index (Phi) is 10.1. The summed E-state index contributed by atoms with van der Waals surface area (Å²) in [5.41, 5.74) is 5.27. The van der Waals surface area contributed by atoms with E-state index in [0.29, 0.717) is 42.3 Å². The van der Waals surface area contributed by atoms with Gasteiger partial charge in [-0.05, 0) is 79.8 Å². The summed E-state index contributed by atoms with van der Waals surface area (Å²) in [6, 6.07) is 17.3. The summed E-state index contributed by atoms with van der Waals surface area (Å²) in [6.45, 7) is 5.53. The van der Waals surface area contributed by atoms with Gasteiger partial charge >= 0.3 is 12.0 Å². The first-order valence-corrected chi connectivity index (χ1v) is 13.7. The SMILES string of the molecule is CCCNc1ccc(NC(=O)NCCCCCC(=O)OCC)cc1-c1nc2cc(-c3ccc(F)cc3)ccc2o1. The number of carbonyl (C=O) groups excluding carboxylic acids is 2. The van der Waals surface area contributed by atoms with Gasteiger partial charge in [0.1, 0.15) is 11.3 Å². The molecule has 4 rings (SSSR count). The number of unbranched alkanes of at least 4 members (excludes halogenated alkanes) is 2. The Morgan fingerprint density at radius 2 is 1.73 bits per heavy atom. The van der Waals surface area contributed by atoms with Crippen molar-refractivity contribution >= 4 is 34.5 Å². The number of ether oxygens (including phenoxy) is 1. The summed E-state index contributed by atoms with van der Waals surface area (Å²) >= 11 is 0. The Bertz CT molecular complexity index is 1440. The van der Waals surface area contributed by atoms with Crippen molar-refractivity contribution in [2.24, 2.45) is 0 Å². The van der Waals surface area contributed by atoms with Crippen LogP contribution in [-0.4, -0.2) is 36.7 Å². The Labute approximate surface area is 233 Å². The van der Waals surface area contributed by atoms with Crippen LogP contribution >= 0.6 is 0 Å². The predicted molar refractivity (Wildman–Crippen MR) is 156 cm³/mol. The second kappa shape index (κ2) is 14.1. The molecule has 0 bridgehead atoms. The number of esters is 1. The van der Waals surface area contributed by atoms with Gasteiger partial charge in [0.2, 0.25) is 5.89 Å². The van der Waals surface area contributed by atoms with Gasteiger partial charge in [0.15, 0.2) is 5.58 Å². The zero-order valence-electron chi connectivity index (χ0n) is 22.9. The summed E-state index contributed by atoms with van der Waals surface area (Å²) in [5, 5.41) is 9.13. The van der Waals surface area contributed by atoms with E-state index in [-0.39, 0.29) is 17.8 Å². The van der Waals surface area contributed by atoms with Crippen LogP contribution in [0.25, 0.3) is 33.7 Å². The van der Waals surface area contributed by atoms with Crippen LogP contribution in [-0.2, 0) is 9.53 Å². The zero-order valence-corrected chi connectivity index (χ0v) is 22.9. The van der Waals surface area contributed by atoms with Crippen molar-refractivity contribution in [2.75, 3.05) is 30.3 Å². The number of fused-ring (bicyclic) bond motifs is 1. The van der Waals surface area contributed by atoms with Crippen molar-refractivity contribution in [3.8, 4) is 22.6 Å². The summed E-state index contributed by atoms with van der Waals surface area (Å²) in [7, 11) is 0. The van der Waals surface area contributed by atoms with E-state index in [1.54, 1.807) is 19.1 Å². The van der Waals surface area contributed by atoms with Gasteiger partial charge < -0.3 is 25.1 Å². The molecule has 0 spiro atoms. The lowest BCUT2D eigenvalue weighted by Gasteiger charge is -2.13. The number of nitrogens with one attached hydrogen (secondary N) is 3. The molecule has 3 N–H and O–H groups in total. The number of anilines is 2. The number of rotatable bonds is 13. The molecular formula is C31H35FN4O4. The molecule has 1 aromatic heterocycles. The number of aromatic nitrogens is 1. The van der Waals surface area contributed by atoms with Crippen molar-refractivity contribution in [3.05, 3.63) is 66.5 Å². The van der Waals surface area contributed by atoms with Gasteiger partial charge in [-0.15, -0.1) is 0 Å². The molecule has 0 aliphatic rings. The minimum atomic E-state index is -0.313. The van der Waals surface area contributed by atoms with E-state index in [9.17, 15) is 14.0 Å². The molecule has 0 saturated carbocycles. The number of hydrogen-bond acceptors (Lipinski definition) is 6. The quantitative estimate of drug-likeness (QED) is 0.119. The largest absolute Gasteiger partial charge is 0.466 e. The molecule has 9 heteroatoms. The van der Waals surface area contributed by atoms with Crippen molar-refractivity contribution in [1.82, 2.24) is 10.3 Å². The van der Waals surface area contributed by atoms with Crippen LogP contribution in [0.5, 0.6) is 0 Å². The third-order valence-electron chi connectivity index (χ3n) is 6.29. The van der Waals surface area contributed by atoms with Gasteiger partial charge in [0.25, 0.3) is 0 Å². The fourth-order valence-electron chi connectivity index (χ4n) is 4.26. The maximum Gasteiger partial charge on any atom is 0.319 e. The van der Waals surface area contributed by atoms with Gasteiger partial charge in [-0.25, -0.2) is 14.2 Å². The number of benzene rings is 3. The average molecular weight is 547 g/mol. The molecule has 8 nitrogen and oxygen atoms in total. The lowest BCUT2D eigenvalue weighted by Crippen LogP contribution is -2.29. The van der Waals surface area contributed by atoms with Gasteiger partial charge in [0.05, 0.1) is 12.2 Å². The highest BCUT2D eigenvalue weighted by Gasteiger charge is 2.15. The normalized spacial score (nSPS) is 10.9. The van der Waals surface area contributed by atoms with Crippen LogP contribution in [0.15, 0.2) is 65.1 Å². The number of amides is 2. The lowest BCUT2D eigenvalue weighted by molar-refractivity contribution is -0.143. The molecule has 0 aliphatic carbocycles. The Morgan fingerprint density at radius 3 is 2.50 bits per heavy atom. The monoisotopic (exact) mass is 546 g/mol. The van der Waals surface area contributed by atoms with E-state index in [0.717, 1.165) is 54.6 Å². The first-order valence-electron chi connectivity index (χ1n) is 13.7. The summed E-state index contributed by atoms with van der Waals surface area (Å²) in [6.07, 6.45) is 3.65. The number of hydrogen-bond donors (Lipinski definition) is 3. The fraction of sp³-hybridized carbons (Fsp3) is 0.323. The minimum absolute atomic E-state index is 0.187. The highest BCUT2D eigenvalue weighted by atomic mass is 19.1. The second-order valence-corrected chi connectivity index (χ2v) is 9.39. The van der Waals surface area contributed by atoms with E-state index >= 15 is 0 Å². The van der Waals surface area contributed by atoms with Crippen molar-refractivity contribution in [2.45, 2.75) is 46.0 Å². The zero-order chi connectivity index (χ0) is 28.3. The van der Waals surface area contributed by atoms with E-state index in [1.165, 1.54) is 12.1 Å². The van der Waals surface area contributed by atoms with Crippen molar-refractivity contribution < 1.29 is 23.1 Å². The average Bonchev–Trinajstić information content (AvgIpc) is 3.38. The van der Waals surface area contributed by atoms with Crippen LogP contribution in [0.2, 0.25) is 0 Å². The highest BCUT2D eigenvalue weighted by molar-refractivity contribution is 5.92. The van der Waals surface area contributed by atoms with Gasteiger partial charge in [-0.1, -0.05) is 31.5 Å². The predicted octanol–water partition coefficient (Wildman–Crippen LogP) is 7.37. The Hall–Kier alpha value is -4.40.